The van der Waals surface area contributed by atoms with Crippen molar-refractivity contribution < 1.29 is 9.90 Å². The second-order valence-electron chi connectivity index (χ2n) is 5.78. The number of phenols is 1. The molecule has 2 rings (SSSR count). The highest BCUT2D eigenvalue weighted by molar-refractivity contribution is 5.94. The number of aromatic nitrogens is 3. The van der Waals surface area contributed by atoms with Crippen molar-refractivity contribution in [1.82, 2.24) is 30.7 Å². The van der Waals surface area contributed by atoms with E-state index in [-0.39, 0.29) is 11.7 Å². The molecule has 1 amide bonds. The number of nitrogens with one attached hydrogen (secondary N) is 3. The zero-order chi connectivity index (χ0) is 19.5. The Labute approximate surface area is 158 Å². The highest BCUT2D eigenvalue weighted by atomic mass is 16.3. The van der Waals surface area contributed by atoms with Crippen LogP contribution in [0.15, 0.2) is 35.6 Å². The molecule has 146 valence electrons. The molecule has 0 aliphatic carbocycles. The Morgan fingerprint density at radius 1 is 1.15 bits per heavy atom. The summed E-state index contributed by atoms with van der Waals surface area (Å²) >= 11 is 0. The Morgan fingerprint density at radius 3 is 2.63 bits per heavy atom. The molecule has 4 N–H and O–H groups in total. The molecular weight excluding hydrogens is 346 g/mol. The summed E-state index contributed by atoms with van der Waals surface area (Å²) in [6.45, 7) is 7.10. The van der Waals surface area contributed by atoms with Crippen LogP contribution in [0.5, 0.6) is 5.75 Å². The number of aromatic hydroxyl groups is 1. The van der Waals surface area contributed by atoms with E-state index in [9.17, 15) is 9.90 Å². The van der Waals surface area contributed by atoms with Gasteiger partial charge in [0.25, 0.3) is 5.91 Å². The lowest BCUT2D eigenvalue weighted by molar-refractivity contribution is 0.0955. The number of carbonyl (C=O) groups is 1. The molecule has 27 heavy (non-hydrogen) atoms. The molecule has 9 nitrogen and oxygen atoms in total. The number of guanidine groups is 1. The highest BCUT2D eigenvalue weighted by Gasteiger charge is 2.05. The number of rotatable bonds is 9. The zero-order valence-electron chi connectivity index (χ0n) is 15.8. The average molecular weight is 373 g/mol. The third-order valence-electron chi connectivity index (χ3n) is 3.80. The molecule has 0 saturated heterocycles. The van der Waals surface area contributed by atoms with E-state index in [2.05, 4.69) is 31.1 Å². The van der Waals surface area contributed by atoms with Crippen LogP contribution in [0, 0.1) is 0 Å². The van der Waals surface area contributed by atoms with Crippen LogP contribution >= 0.6 is 0 Å². The molecule has 0 spiro atoms. The maximum atomic E-state index is 12.0. The molecule has 2 aromatic rings. The van der Waals surface area contributed by atoms with E-state index in [1.165, 1.54) is 12.1 Å². The highest BCUT2D eigenvalue weighted by Crippen LogP contribution is 2.09. The van der Waals surface area contributed by atoms with E-state index < -0.39 is 0 Å². The first-order valence-electron chi connectivity index (χ1n) is 9.10. The van der Waals surface area contributed by atoms with Crippen LogP contribution in [-0.4, -0.2) is 57.9 Å². The van der Waals surface area contributed by atoms with Gasteiger partial charge in [-0.2, -0.15) is 0 Å². The van der Waals surface area contributed by atoms with E-state index in [0.717, 1.165) is 25.3 Å². The lowest BCUT2D eigenvalue weighted by atomic mass is 10.2. The molecule has 0 saturated carbocycles. The predicted molar refractivity (Wildman–Crippen MR) is 104 cm³/mol. The Morgan fingerprint density at radius 2 is 1.93 bits per heavy atom. The molecule has 0 unspecified atom stereocenters. The van der Waals surface area contributed by atoms with Crippen LogP contribution in [0.4, 0.5) is 0 Å². The van der Waals surface area contributed by atoms with Gasteiger partial charge in [0.15, 0.2) is 5.96 Å². The van der Waals surface area contributed by atoms with Crippen molar-refractivity contribution in [2.24, 2.45) is 4.99 Å². The Bertz CT molecular complexity index is 740. The van der Waals surface area contributed by atoms with E-state index in [0.29, 0.717) is 31.2 Å². The molecule has 0 fully saturated rings. The second-order valence-corrected chi connectivity index (χ2v) is 5.78. The van der Waals surface area contributed by atoms with Gasteiger partial charge in [-0.15, -0.1) is 10.2 Å². The lowest BCUT2D eigenvalue weighted by Gasteiger charge is -2.12. The predicted octanol–water partition coefficient (Wildman–Crippen LogP) is 0.531. The van der Waals surface area contributed by atoms with E-state index in [4.69, 9.17) is 0 Å². The molecule has 1 aromatic heterocycles. The first-order valence-corrected chi connectivity index (χ1v) is 9.10. The van der Waals surface area contributed by atoms with Crippen molar-refractivity contribution in [2.75, 3.05) is 26.2 Å². The molecular formula is C18H27N7O2. The molecule has 0 bridgehead atoms. The van der Waals surface area contributed by atoms with Crippen molar-refractivity contribution in [1.29, 1.82) is 0 Å². The Balaban J connectivity index is 1.75. The molecule has 1 heterocycles. The maximum absolute atomic E-state index is 12.0. The Hall–Kier alpha value is -3.10. The van der Waals surface area contributed by atoms with Gasteiger partial charge in [0.1, 0.15) is 17.9 Å². The van der Waals surface area contributed by atoms with Gasteiger partial charge in [0, 0.05) is 38.2 Å². The number of phenolic OH excluding ortho intramolecular Hbond substituents is 1. The van der Waals surface area contributed by atoms with Crippen molar-refractivity contribution in [3.8, 4) is 5.75 Å². The first kappa shape index (κ1) is 20.2. The fraction of sp³-hybridized carbons (Fsp3) is 0.444. The lowest BCUT2D eigenvalue weighted by Crippen LogP contribution is -2.39. The third-order valence-corrected chi connectivity index (χ3v) is 3.80. The number of hydrogen-bond acceptors (Lipinski definition) is 5. The summed E-state index contributed by atoms with van der Waals surface area (Å²) in [6.07, 6.45) is 2.57. The minimum atomic E-state index is -0.192. The molecule has 0 aliphatic heterocycles. The van der Waals surface area contributed by atoms with Crippen molar-refractivity contribution >= 4 is 11.9 Å². The van der Waals surface area contributed by atoms with Gasteiger partial charge >= 0.3 is 0 Å². The van der Waals surface area contributed by atoms with Crippen molar-refractivity contribution in [2.45, 2.75) is 26.8 Å². The minimum absolute atomic E-state index is 0.134. The van der Waals surface area contributed by atoms with Crippen LogP contribution < -0.4 is 16.0 Å². The summed E-state index contributed by atoms with van der Waals surface area (Å²) in [7, 11) is 0. The topological polar surface area (TPSA) is 116 Å². The number of nitrogens with zero attached hydrogens (tertiary/aromatic N) is 4. The third kappa shape index (κ3) is 6.61. The van der Waals surface area contributed by atoms with Gasteiger partial charge in [0.05, 0.1) is 6.54 Å². The monoisotopic (exact) mass is 373 g/mol. The van der Waals surface area contributed by atoms with Gasteiger partial charge in [0.2, 0.25) is 0 Å². The number of benzene rings is 1. The maximum Gasteiger partial charge on any atom is 0.251 e. The van der Waals surface area contributed by atoms with E-state index >= 15 is 0 Å². The summed E-state index contributed by atoms with van der Waals surface area (Å²) in [5, 5.41) is 26.5. The number of amides is 1. The zero-order valence-corrected chi connectivity index (χ0v) is 15.8. The largest absolute Gasteiger partial charge is 0.508 e. The van der Waals surface area contributed by atoms with Gasteiger partial charge in [-0.25, -0.2) is 0 Å². The van der Waals surface area contributed by atoms with Crippen LogP contribution in [0.25, 0.3) is 0 Å². The molecule has 9 heteroatoms. The van der Waals surface area contributed by atoms with Gasteiger partial charge < -0.3 is 25.6 Å². The van der Waals surface area contributed by atoms with Crippen LogP contribution in [-0.2, 0) is 13.0 Å². The van der Waals surface area contributed by atoms with Crippen molar-refractivity contribution in [3.63, 3.8) is 0 Å². The quantitative estimate of drug-likeness (QED) is 0.289. The first-order chi connectivity index (χ1) is 13.1. The molecule has 1 aromatic carbocycles. The van der Waals surface area contributed by atoms with Crippen molar-refractivity contribution in [3.05, 3.63) is 42.0 Å². The van der Waals surface area contributed by atoms with Gasteiger partial charge in [-0.05, 0) is 31.2 Å². The summed E-state index contributed by atoms with van der Waals surface area (Å²) in [5.41, 5.74) is 0.502. The second kappa shape index (κ2) is 10.8. The number of carbonyl (C=O) groups excluding carboxylic acids is 1. The summed E-state index contributed by atoms with van der Waals surface area (Å²) in [5.74, 6) is 1.59. The number of aliphatic imine (C=N–C) groups is 1. The average Bonchev–Trinajstić information content (AvgIpc) is 3.13. The molecule has 0 radical (unpaired) electrons. The van der Waals surface area contributed by atoms with E-state index in [1.54, 1.807) is 18.5 Å². The van der Waals surface area contributed by atoms with Crippen LogP contribution in [0.2, 0.25) is 0 Å². The normalized spacial score (nSPS) is 11.3. The summed E-state index contributed by atoms with van der Waals surface area (Å²) in [6, 6.07) is 6.13. The number of hydrogen-bond donors (Lipinski definition) is 4. The Kier molecular flexibility index (Phi) is 8.08. The smallest absolute Gasteiger partial charge is 0.251 e. The molecule has 0 atom stereocenters. The van der Waals surface area contributed by atoms with Gasteiger partial charge in [-0.1, -0.05) is 6.92 Å². The standard InChI is InChI=1S/C18H27N7O2/c1-3-16-24-23-13-25(16)12-11-22-18(19-4-2)21-10-9-20-17(27)14-5-7-15(26)8-6-14/h5-8,13,26H,3-4,9-12H2,1-2H3,(H,20,27)(H2,19,21,22). The van der Waals surface area contributed by atoms with Crippen LogP contribution in [0.3, 0.4) is 0 Å². The number of aryl methyl sites for hydroxylation is 1. The summed E-state index contributed by atoms with van der Waals surface area (Å²) < 4.78 is 2.01. The fourth-order valence-electron chi connectivity index (χ4n) is 2.43. The summed E-state index contributed by atoms with van der Waals surface area (Å²) in [4.78, 5) is 16.5. The molecule has 0 aliphatic rings. The van der Waals surface area contributed by atoms with Crippen LogP contribution in [0.1, 0.15) is 30.0 Å². The SMILES string of the molecule is CCNC(=NCCNC(=O)c1ccc(O)cc1)NCCn1cnnc1CC. The van der Waals surface area contributed by atoms with Gasteiger partial charge in [-0.3, -0.25) is 9.79 Å². The minimum Gasteiger partial charge on any atom is -0.508 e. The fourth-order valence-corrected chi connectivity index (χ4v) is 2.43. The van der Waals surface area contributed by atoms with E-state index in [1.807, 2.05) is 18.4 Å².